The summed E-state index contributed by atoms with van der Waals surface area (Å²) in [6.07, 6.45) is 1.91. The van der Waals surface area contributed by atoms with Crippen LogP contribution in [-0.4, -0.2) is 27.4 Å². The molecule has 0 aliphatic rings. The zero-order chi connectivity index (χ0) is 14.4. The molecule has 0 saturated carbocycles. The Kier molecular flexibility index (Phi) is 4.77. The molecule has 0 saturated heterocycles. The monoisotopic (exact) mass is 268 g/mol. The summed E-state index contributed by atoms with van der Waals surface area (Å²) < 4.78 is 5.13. The largest absolute Gasteiger partial charge is 0.497 e. The van der Waals surface area contributed by atoms with Crippen LogP contribution in [0.25, 0.3) is 0 Å². The zero-order valence-electron chi connectivity index (χ0n) is 12.2. The van der Waals surface area contributed by atoms with Gasteiger partial charge < -0.3 is 9.64 Å². The Balaban J connectivity index is 1.95. The van der Waals surface area contributed by atoms with Crippen molar-refractivity contribution in [2.24, 2.45) is 4.99 Å². The van der Waals surface area contributed by atoms with E-state index in [9.17, 15) is 0 Å². The van der Waals surface area contributed by atoms with E-state index in [-0.39, 0.29) is 0 Å². The minimum Gasteiger partial charge on any atom is -0.497 e. The van der Waals surface area contributed by atoms with E-state index in [1.165, 1.54) is 11.3 Å². The highest BCUT2D eigenvalue weighted by atomic mass is 16.5. The fourth-order valence-corrected chi connectivity index (χ4v) is 1.85. The molecule has 0 aromatic heterocycles. The van der Waals surface area contributed by atoms with Crippen LogP contribution >= 0.6 is 0 Å². The molecule has 0 aliphatic heterocycles. The lowest BCUT2D eigenvalue weighted by Gasteiger charge is -2.11. The van der Waals surface area contributed by atoms with Crippen LogP contribution < -0.4 is 9.64 Å². The fourth-order valence-electron chi connectivity index (χ4n) is 1.85. The van der Waals surface area contributed by atoms with Gasteiger partial charge in [-0.15, -0.1) is 0 Å². The molecule has 20 heavy (non-hydrogen) atoms. The Morgan fingerprint density at radius 1 is 1.00 bits per heavy atom. The Morgan fingerprint density at radius 3 is 2.20 bits per heavy atom. The molecule has 3 heteroatoms. The number of hydrogen-bond donors (Lipinski definition) is 0. The molecule has 0 aliphatic carbocycles. The topological polar surface area (TPSA) is 24.8 Å². The molecule has 0 radical (unpaired) electrons. The molecule has 0 fully saturated rings. The van der Waals surface area contributed by atoms with Crippen LogP contribution in [0.2, 0.25) is 0 Å². The molecule has 2 aromatic carbocycles. The van der Waals surface area contributed by atoms with Crippen molar-refractivity contribution in [3.05, 3.63) is 59.7 Å². The first kappa shape index (κ1) is 14.1. The van der Waals surface area contributed by atoms with Crippen LogP contribution in [0.5, 0.6) is 5.75 Å². The quantitative estimate of drug-likeness (QED) is 0.777. The van der Waals surface area contributed by atoms with Crippen LogP contribution in [0.4, 0.5) is 5.69 Å². The normalized spacial score (nSPS) is 10.8. The molecule has 0 spiro atoms. The van der Waals surface area contributed by atoms with Crippen LogP contribution in [0, 0.1) is 0 Å². The molecule has 0 heterocycles. The molecule has 3 nitrogen and oxygen atoms in total. The molecule has 0 amide bonds. The standard InChI is InChI=1S/C17H20N2O/c1-19(2)16-8-4-14(5-9-16)12-18-13-15-6-10-17(20-3)11-7-15/h4-12H,13H2,1-3H3. The van der Waals surface area contributed by atoms with E-state index in [1.54, 1.807) is 7.11 Å². The maximum absolute atomic E-state index is 5.13. The first-order valence-electron chi connectivity index (χ1n) is 6.59. The molecular formula is C17H20N2O. The van der Waals surface area contributed by atoms with Crippen molar-refractivity contribution in [2.45, 2.75) is 6.54 Å². The summed E-state index contributed by atoms with van der Waals surface area (Å²) in [7, 11) is 5.74. The van der Waals surface area contributed by atoms with Crippen LogP contribution in [-0.2, 0) is 6.54 Å². The van der Waals surface area contributed by atoms with Gasteiger partial charge in [-0.25, -0.2) is 0 Å². The van der Waals surface area contributed by atoms with Gasteiger partial charge in [0.05, 0.1) is 13.7 Å². The van der Waals surface area contributed by atoms with Crippen LogP contribution in [0.3, 0.4) is 0 Å². The van der Waals surface area contributed by atoms with E-state index in [2.05, 4.69) is 34.2 Å². The number of aliphatic imine (C=N–C) groups is 1. The molecule has 0 N–H and O–H groups in total. The lowest BCUT2D eigenvalue weighted by atomic mass is 10.2. The summed E-state index contributed by atoms with van der Waals surface area (Å²) >= 11 is 0. The van der Waals surface area contributed by atoms with Crippen molar-refractivity contribution in [3.63, 3.8) is 0 Å². The minimum absolute atomic E-state index is 0.680. The Labute approximate surface area is 120 Å². The average molecular weight is 268 g/mol. The van der Waals surface area contributed by atoms with E-state index in [0.29, 0.717) is 6.54 Å². The van der Waals surface area contributed by atoms with Crippen molar-refractivity contribution in [1.82, 2.24) is 0 Å². The summed E-state index contributed by atoms with van der Waals surface area (Å²) in [5.41, 5.74) is 3.48. The zero-order valence-corrected chi connectivity index (χ0v) is 12.2. The number of benzene rings is 2. The second-order valence-electron chi connectivity index (χ2n) is 4.80. The molecule has 104 valence electrons. The summed E-state index contributed by atoms with van der Waals surface area (Å²) in [4.78, 5) is 6.54. The highest BCUT2D eigenvalue weighted by Gasteiger charge is 1.95. The molecule has 0 bridgehead atoms. The Bertz CT molecular complexity index is 557. The maximum atomic E-state index is 5.13. The van der Waals surface area contributed by atoms with Gasteiger partial charge in [-0.3, -0.25) is 4.99 Å². The van der Waals surface area contributed by atoms with Gasteiger partial charge in [-0.05, 0) is 35.4 Å². The molecule has 2 aromatic rings. The Morgan fingerprint density at radius 2 is 1.65 bits per heavy atom. The smallest absolute Gasteiger partial charge is 0.118 e. The first-order valence-corrected chi connectivity index (χ1v) is 6.59. The number of ether oxygens (including phenoxy) is 1. The highest BCUT2D eigenvalue weighted by molar-refractivity contribution is 5.80. The van der Waals surface area contributed by atoms with E-state index in [1.807, 2.05) is 44.6 Å². The fraction of sp³-hybridized carbons (Fsp3) is 0.235. The van der Waals surface area contributed by atoms with E-state index in [0.717, 1.165) is 11.3 Å². The third kappa shape index (κ3) is 3.85. The van der Waals surface area contributed by atoms with Crippen molar-refractivity contribution in [1.29, 1.82) is 0 Å². The molecule has 2 rings (SSSR count). The second-order valence-corrected chi connectivity index (χ2v) is 4.80. The van der Waals surface area contributed by atoms with Gasteiger partial charge in [0.25, 0.3) is 0 Å². The molecular weight excluding hydrogens is 248 g/mol. The lowest BCUT2D eigenvalue weighted by Crippen LogP contribution is -2.08. The second kappa shape index (κ2) is 6.75. The van der Waals surface area contributed by atoms with Gasteiger partial charge in [-0.1, -0.05) is 24.3 Å². The van der Waals surface area contributed by atoms with E-state index < -0.39 is 0 Å². The summed E-state index contributed by atoms with van der Waals surface area (Å²) in [5.74, 6) is 0.872. The lowest BCUT2D eigenvalue weighted by molar-refractivity contribution is 0.414. The highest BCUT2D eigenvalue weighted by Crippen LogP contribution is 2.13. The number of hydrogen-bond acceptors (Lipinski definition) is 3. The van der Waals surface area contributed by atoms with Gasteiger partial charge in [-0.2, -0.15) is 0 Å². The molecule has 0 unspecified atom stereocenters. The minimum atomic E-state index is 0.680. The maximum Gasteiger partial charge on any atom is 0.118 e. The third-order valence-electron chi connectivity index (χ3n) is 3.08. The average Bonchev–Trinajstić information content (AvgIpc) is 2.48. The van der Waals surface area contributed by atoms with Crippen molar-refractivity contribution < 1.29 is 4.74 Å². The van der Waals surface area contributed by atoms with Crippen LogP contribution in [0.15, 0.2) is 53.5 Å². The SMILES string of the molecule is COc1ccc(CN=Cc2ccc(N(C)C)cc2)cc1. The van der Waals surface area contributed by atoms with Gasteiger partial charge >= 0.3 is 0 Å². The molecule has 0 atom stereocenters. The first-order chi connectivity index (χ1) is 9.69. The predicted octanol–water partition coefficient (Wildman–Crippen LogP) is 3.38. The summed E-state index contributed by atoms with van der Waals surface area (Å²) in [5, 5.41) is 0. The number of rotatable bonds is 5. The van der Waals surface area contributed by atoms with E-state index >= 15 is 0 Å². The van der Waals surface area contributed by atoms with Gasteiger partial charge in [0.1, 0.15) is 5.75 Å². The van der Waals surface area contributed by atoms with Crippen LogP contribution in [0.1, 0.15) is 11.1 Å². The number of nitrogens with zero attached hydrogens (tertiary/aromatic N) is 2. The van der Waals surface area contributed by atoms with E-state index in [4.69, 9.17) is 4.74 Å². The summed E-state index contributed by atoms with van der Waals surface area (Å²) in [6, 6.07) is 16.3. The predicted molar refractivity (Wildman–Crippen MR) is 85.1 cm³/mol. The number of methoxy groups -OCH3 is 1. The Hall–Kier alpha value is -2.29. The van der Waals surface area contributed by atoms with Gasteiger partial charge in [0.2, 0.25) is 0 Å². The van der Waals surface area contributed by atoms with Gasteiger partial charge in [0.15, 0.2) is 0 Å². The van der Waals surface area contributed by atoms with Gasteiger partial charge in [0, 0.05) is 26.0 Å². The number of anilines is 1. The summed E-state index contributed by atoms with van der Waals surface area (Å²) in [6.45, 7) is 0.680. The van der Waals surface area contributed by atoms with Crippen molar-refractivity contribution >= 4 is 11.9 Å². The third-order valence-corrected chi connectivity index (χ3v) is 3.08. The van der Waals surface area contributed by atoms with Crippen molar-refractivity contribution in [2.75, 3.05) is 26.1 Å². The van der Waals surface area contributed by atoms with Crippen molar-refractivity contribution in [3.8, 4) is 5.75 Å².